The Bertz CT molecular complexity index is 322. The van der Waals surface area contributed by atoms with Gasteiger partial charge in [0, 0.05) is 13.5 Å². The van der Waals surface area contributed by atoms with E-state index in [4.69, 9.17) is 16.6 Å². The largest absolute Gasteiger partial charge is 0.444 e. The molecule has 1 heterocycles. The normalized spacial score (nSPS) is 9.93. The molecule has 1 aromatic heterocycles. The van der Waals surface area contributed by atoms with Crippen LogP contribution in [-0.4, -0.2) is 17.1 Å². The average Bonchev–Trinajstić information content (AvgIpc) is 2.55. The van der Waals surface area contributed by atoms with E-state index < -0.39 is 0 Å². The molecular formula is C9H15N3OS. The summed E-state index contributed by atoms with van der Waals surface area (Å²) in [4.78, 5) is 4.26. The first-order valence-corrected chi connectivity index (χ1v) is 4.99. The molecule has 0 unspecified atom stereocenters. The number of oxazole rings is 1. The molecule has 1 rings (SSSR count). The third kappa shape index (κ3) is 2.70. The second-order valence-electron chi connectivity index (χ2n) is 2.90. The molecule has 0 amide bonds. The minimum Gasteiger partial charge on any atom is -0.444 e. The van der Waals surface area contributed by atoms with Crippen LogP contribution in [0.1, 0.15) is 24.3 Å². The molecule has 0 aliphatic carbocycles. The summed E-state index contributed by atoms with van der Waals surface area (Å²) in [5, 5.41) is 6.46. The Labute approximate surface area is 89.1 Å². The van der Waals surface area contributed by atoms with Gasteiger partial charge in [0.25, 0.3) is 0 Å². The SMILES string of the molecule is CCc1nc(C)c(CNC(=S)NC)o1. The van der Waals surface area contributed by atoms with Gasteiger partial charge in [-0.2, -0.15) is 0 Å². The predicted molar refractivity (Wildman–Crippen MR) is 59.1 cm³/mol. The molecule has 2 N–H and O–H groups in total. The number of nitrogens with zero attached hydrogens (tertiary/aromatic N) is 1. The molecule has 14 heavy (non-hydrogen) atoms. The second-order valence-corrected chi connectivity index (χ2v) is 3.31. The molecule has 1 aromatic rings. The van der Waals surface area contributed by atoms with Crippen molar-refractivity contribution in [2.24, 2.45) is 0 Å². The summed E-state index contributed by atoms with van der Waals surface area (Å²) in [6.07, 6.45) is 0.817. The highest BCUT2D eigenvalue weighted by molar-refractivity contribution is 7.80. The van der Waals surface area contributed by atoms with Crippen molar-refractivity contribution in [2.75, 3.05) is 7.05 Å². The fraction of sp³-hybridized carbons (Fsp3) is 0.556. The molecule has 0 aliphatic rings. The zero-order valence-corrected chi connectivity index (χ0v) is 9.49. The molecule has 0 saturated carbocycles. The zero-order chi connectivity index (χ0) is 10.6. The van der Waals surface area contributed by atoms with Gasteiger partial charge in [0.2, 0.25) is 0 Å². The van der Waals surface area contributed by atoms with Crippen molar-refractivity contribution >= 4 is 17.3 Å². The van der Waals surface area contributed by atoms with E-state index in [1.807, 2.05) is 13.8 Å². The molecule has 0 bridgehead atoms. The fourth-order valence-corrected chi connectivity index (χ4v) is 1.12. The summed E-state index contributed by atoms with van der Waals surface area (Å²) in [6.45, 7) is 4.53. The van der Waals surface area contributed by atoms with Crippen molar-refractivity contribution in [3.05, 3.63) is 17.3 Å². The Morgan fingerprint density at radius 1 is 1.57 bits per heavy atom. The Kier molecular flexibility index (Phi) is 3.88. The average molecular weight is 213 g/mol. The van der Waals surface area contributed by atoms with Crippen LogP contribution in [0.2, 0.25) is 0 Å². The summed E-state index contributed by atoms with van der Waals surface area (Å²) in [5.41, 5.74) is 0.924. The number of thiocarbonyl (C=S) groups is 1. The van der Waals surface area contributed by atoms with Crippen LogP contribution in [0.3, 0.4) is 0 Å². The summed E-state index contributed by atoms with van der Waals surface area (Å²) in [7, 11) is 1.78. The molecular weight excluding hydrogens is 198 g/mol. The van der Waals surface area contributed by atoms with Gasteiger partial charge in [0.1, 0.15) is 5.76 Å². The minimum absolute atomic E-state index is 0.582. The van der Waals surface area contributed by atoms with Crippen LogP contribution >= 0.6 is 12.2 Å². The van der Waals surface area contributed by atoms with Crippen LogP contribution in [0, 0.1) is 6.92 Å². The smallest absolute Gasteiger partial charge is 0.194 e. The van der Waals surface area contributed by atoms with E-state index in [1.165, 1.54) is 0 Å². The molecule has 0 aliphatic heterocycles. The van der Waals surface area contributed by atoms with Crippen molar-refractivity contribution < 1.29 is 4.42 Å². The van der Waals surface area contributed by atoms with Crippen LogP contribution in [0.25, 0.3) is 0 Å². The highest BCUT2D eigenvalue weighted by atomic mass is 32.1. The van der Waals surface area contributed by atoms with Crippen LogP contribution < -0.4 is 10.6 Å². The van der Waals surface area contributed by atoms with Crippen LogP contribution in [0.5, 0.6) is 0 Å². The molecule has 0 fully saturated rings. The van der Waals surface area contributed by atoms with Gasteiger partial charge in [0.05, 0.1) is 12.2 Å². The maximum atomic E-state index is 5.50. The number of aryl methyl sites for hydroxylation is 2. The molecule has 5 heteroatoms. The highest BCUT2D eigenvalue weighted by Crippen LogP contribution is 2.09. The van der Waals surface area contributed by atoms with E-state index in [9.17, 15) is 0 Å². The second kappa shape index (κ2) is 4.95. The number of aromatic nitrogens is 1. The van der Waals surface area contributed by atoms with Gasteiger partial charge in [-0.3, -0.25) is 0 Å². The Hall–Kier alpha value is -1.10. The lowest BCUT2D eigenvalue weighted by atomic mass is 10.4. The summed E-state index contributed by atoms with van der Waals surface area (Å²) >= 11 is 4.95. The van der Waals surface area contributed by atoms with Gasteiger partial charge < -0.3 is 15.1 Å². The quantitative estimate of drug-likeness (QED) is 0.737. The Balaban J connectivity index is 2.58. The fourth-order valence-electron chi connectivity index (χ4n) is 1.05. The molecule has 78 valence electrons. The number of nitrogens with one attached hydrogen (secondary N) is 2. The minimum atomic E-state index is 0.582. The summed E-state index contributed by atoms with van der Waals surface area (Å²) < 4.78 is 5.50. The first-order chi connectivity index (χ1) is 6.67. The maximum absolute atomic E-state index is 5.50. The van der Waals surface area contributed by atoms with Crippen LogP contribution in [0.15, 0.2) is 4.42 Å². The van der Waals surface area contributed by atoms with E-state index >= 15 is 0 Å². The monoisotopic (exact) mass is 213 g/mol. The Morgan fingerprint density at radius 2 is 2.29 bits per heavy atom. The lowest BCUT2D eigenvalue weighted by Crippen LogP contribution is -2.31. The van der Waals surface area contributed by atoms with Crippen molar-refractivity contribution in [3.8, 4) is 0 Å². The van der Waals surface area contributed by atoms with Gasteiger partial charge >= 0.3 is 0 Å². The van der Waals surface area contributed by atoms with E-state index in [0.717, 1.165) is 23.8 Å². The van der Waals surface area contributed by atoms with Gasteiger partial charge in [-0.15, -0.1) is 0 Å². The first kappa shape index (κ1) is 11.0. The molecule has 0 saturated heterocycles. The molecule has 0 radical (unpaired) electrons. The maximum Gasteiger partial charge on any atom is 0.194 e. The molecule has 0 aromatic carbocycles. The van der Waals surface area contributed by atoms with Crippen molar-refractivity contribution in [2.45, 2.75) is 26.8 Å². The van der Waals surface area contributed by atoms with Crippen molar-refractivity contribution in [3.63, 3.8) is 0 Å². The summed E-state index contributed by atoms with van der Waals surface area (Å²) in [5.74, 6) is 1.62. The topological polar surface area (TPSA) is 50.1 Å². The van der Waals surface area contributed by atoms with Crippen LogP contribution in [-0.2, 0) is 13.0 Å². The van der Waals surface area contributed by atoms with Crippen molar-refractivity contribution in [1.29, 1.82) is 0 Å². The van der Waals surface area contributed by atoms with E-state index in [-0.39, 0.29) is 0 Å². The number of hydrogen-bond acceptors (Lipinski definition) is 3. The standard InChI is InChI=1S/C9H15N3OS/c1-4-8-12-6(2)7(13-8)5-11-9(14)10-3/h4-5H2,1-3H3,(H2,10,11,14). The van der Waals surface area contributed by atoms with Crippen LogP contribution in [0.4, 0.5) is 0 Å². The highest BCUT2D eigenvalue weighted by Gasteiger charge is 2.07. The lowest BCUT2D eigenvalue weighted by molar-refractivity contribution is 0.454. The van der Waals surface area contributed by atoms with E-state index in [2.05, 4.69) is 15.6 Å². The van der Waals surface area contributed by atoms with Crippen molar-refractivity contribution in [1.82, 2.24) is 15.6 Å². The van der Waals surface area contributed by atoms with Gasteiger partial charge in [-0.25, -0.2) is 4.98 Å². The molecule has 4 nitrogen and oxygen atoms in total. The number of rotatable bonds is 3. The van der Waals surface area contributed by atoms with Gasteiger partial charge in [-0.1, -0.05) is 6.92 Å². The third-order valence-corrected chi connectivity index (χ3v) is 2.22. The number of hydrogen-bond donors (Lipinski definition) is 2. The van der Waals surface area contributed by atoms with E-state index in [1.54, 1.807) is 7.05 Å². The lowest BCUT2D eigenvalue weighted by Gasteiger charge is -2.04. The summed E-state index contributed by atoms with van der Waals surface area (Å²) in [6, 6.07) is 0. The first-order valence-electron chi connectivity index (χ1n) is 4.58. The third-order valence-electron chi connectivity index (χ3n) is 1.88. The van der Waals surface area contributed by atoms with Gasteiger partial charge in [-0.05, 0) is 19.1 Å². The molecule has 0 spiro atoms. The predicted octanol–water partition coefficient (Wildman–Crippen LogP) is 1.14. The van der Waals surface area contributed by atoms with Gasteiger partial charge in [0.15, 0.2) is 11.0 Å². The zero-order valence-electron chi connectivity index (χ0n) is 8.68. The van der Waals surface area contributed by atoms with E-state index in [0.29, 0.717) is 11.7 Å². The molecule has 0 atom stereocenters. The Morgan fingerprint density at radius 3 is 2.79 bits per heavy atom.